The first kappa shape index (κ1) is 25.3. The molecule has 1 aliphatic heterocycles. The SMILES string of the molecule is CCCCOc1cccc(C2C(=C(O)c3c(C)nc4ccccn34)C(=O)C(=O)N2CCc2ccccc2)c1. The number of imidazole rings is 1. The second-order valence-corrected chi connectivity index (χ2v) is 9.48. The van der Waals surface area contributed by atoms with Crippen molar-refractivity contribution in [2.24, 2.45) is 0 Å². The van der Waals surface area contributed by atoms with E-state index in [1.807, 2.05) is 72.8 Å². The molecule has 7 nitrogen and oxygen atoms in total. The number of carbonyl (C=O) groups is 2. The first-order valence-electron chi connectivity index (χ1n) is 13.0. The highest BCUT2D eigenvalue weighted by Crippen LogP contribution is 2.41. The molecule has 7 heteroatoms. The fraction of sp³-hybridized carbons (Fsp3) is 0.258. The number of ether oxygens (including phenoxy) is 1. The van der Waals surface area contributed by atoms with Crippen LogP contribution in [0.5, 0.6) is 5.75 Å². The van der Waals surface area contributed by atoms with E-state index < -0.39 is 17.7 Å². The highest BCUT2D eigenvalue weighted by atomic mass is 16.5. The number of hydrogen-bond donors (Lipinski definition) is 1. The number of nitrogens with zero attached hydrogens (tertiary/aromatic N) is 3. The average Bonchev–Trinajstić information content (AvgIpc) is 3.40. The van der Waals surface area contributed by atoms with Gasteiger partial charge in [-0.3, -0.25) is 14.0 Å². The Kier molecular flexibility index (Phi) is 7.26. The Morgan fingerprint density at radius 2 is 1.82 bits per heavy atom. The Morgan fingerprint density at radius 1 is 1.03 bits per heavy atom. The Labute approximate surface area is 222 Å². The van der Waals surface area contributed by atoms with Crippen molar-refractivity contribution in [3.8, 4) is 5.75 Å². The number of likely N-dealkylation sites (tertiary alicyclic amines) is 1. The molecule has 0 saturated carbocycles. The highest BCUT2D eigenvalue weighted by Gasteiger charge is 2.46. The number of carbonyl (C=O) groups excluding carboxylic acids is 2. The van der Waals surface area contributed by atoms with Crippen molar-refractivity contribution in [3.05, 3.63) is 107 Å². The summed E-state index contributed by atoms with van der Waals surface area (Å²) in [5.74, 6) is -0.904. The van der Waals surface area contributed by atoms with Gasteiger partial charge in [-0.2, -0.15) is 0 Å². The molecule has 1 saturated heterocycles. The zero-order valence-electron chi connectivity index (χ0n) is 21.6. The molecule has 3 heterocycles. The molecule has 1 fully saturated rings. The Morgan fingerprint density at radius 3 is 2.61 bits per heavy atom. The minimum absolute atomic E-state index is 0.0579. The van der Waals surface area contributed by atoms with Crippen LogP contribution in [0.15, 0.2) is 84.6 Å². The summed E-state index contributed by atoms with van der Waals surface area (Å²) in [7, 11) is 0. The molecule has 1 atom stereocenters. The second-order valence-electron chi connectivity index (χ2n) is 9.48. The number of aryl methyl sites for hydroxylation is 1. The third kappa shape index (κ3) is 4.79. The predicted molar refractivity (Wildman–Crippen MR) is 146 cm³/mol. The first-order chi connectivity index (χ1) is 18.5. The highest BCUT2D eigenvalue weighted by molar-refractivity contribution is 6.46. The summed E-state index contributed by atoms with van der Waals surface area (Å²) >= 11 is 0. The Bertz CT molecular complexity index is 1510. The van der Waals surface area contributed by atoms with Crippen LogP contribution in [0.3, 0.4) is 0 Å². The van der Waals surface area contributed by atoms with Crippen LogP contribution in [-0.4, -0.2) is 44.2 Å². The summed E-state index contributed by atoms with van der Waals surface area (Å²) in [6.45, 7) is 4.78. The summed E-state index contributed by atoms with van der Waals surface area (Å²) in [5, 5.41) is 11.6. The lowest BCUT2D eigenvalue weighted by Gasteiger charge is -2.26. The lowest BCUT2D eigenvalue weighted by atomic mass is 9.96. The van der Waals surface area contributed by atoms with E-state index in [0.29, 0.717) is 47.9 Å². The van der Waals surface area contributed by atoms with Gasteiger partial charge in [0.05, 0.1) is 23.9 Å². The van der Waals surface area contributed by atoms with Crippen LogP contribution in [0.4, 0.5) is 0 Å². The number of fused-ring (bicyclic) bond motifs is 1. The number of Topliss-reactive ketones (excluding diaryl/α,β-unsaturated/α-hetero) is 1. The summed E-state index contributed by atoms with van der Waals surface area (Å²) in [6.07, 6.45) is 4.30. The standard InChI is InChI=1S/C31H31N3O4/c1-3-4-19-38-24-14-10-13-23(20-24)28-26(29(35)27-21(2)32-25-15-8-9-17-33(25)27)30(36)31(37)34(28)18-16-22-11-6-5-7-12-22/h5-15,17,20,28,35H,3-4,16,18-19H2,1-2H3. The number of unbranched alkanes of at least 4 members (excludes halogenated alkanes) is 1. The van der Waals surface area contributed by atoms with Gasteiger partial charge in [0.15, 0.2) is 5.76 Å². The molecule has 2 aromatic heterocycles. The molecule has 0 spiro atoms. The van der Waals surface area contributed by atoms with E-state index in [4.69, 9.17) is 4.74 Å². The van der Waals surface area contributed by atoms with Crippen LogP contribution in [0.1, 0.15) is 48.3 Å². The number of hydrogen-bond acceptors (Lipinski definition) is 5. The molecule has 0 bridgehead atoms. The van der Waals surface area contributed by atoms with Gasteiger partial charge in [0, 0.05) is 12.7 Å². The van der Waals surface area contributed by atoms with Gasteiger partial charge in [-0.05, 0) is 55.2 Å². The number of benzene rings is 2. The van der Waals surface area contributed by atoms with Crippen molar-refractivity contribution in [2.75, 3.05) is 13.2 Å². The minimum atomic E-state index is -0.762. The van der Waals surface area contributed by atoms with Crippen molar-refractivity contribution in [1.82, 2.24) is 14.3 Å². The fourth-order valence-corrected chi connectivity index (χ4v) is 4.99. The number of aliphatic hydroxyl groups excluding tert-OH is 1. The molecule has 0 aliphatic carbocycles. The molecule has 1 N–H and O–H groups in total. The van der Waals surface area contributed by atoms with Crippen LogP contribution >= 0.6 is 0 Å². The Balaban J connectivity index is 1.61. The number of pyridine rings is 1. The normalized spacial score (nSPS) is 16.9. The smallest absolute Gasteiger partial charge is 0.295 e. The summed E-state index contributed by atoms with van der Waals surface area (Å²) < 4.78 is 7.67. The van der Waals surface area contributed by atoms with E-state index in [9.17, 15) is 14.7 Å². The lowest BCUT2D eigenvalue weighted by Crippen LogP contribution is -2.31. The van der Waals surface area contributed by atoms with Crippen molar-refractivity contribution in [1.29, 1.82) is 0 Å². The van der Waals surface area contributed by atoms with E-state index in [0.717, 1.165) is 18.4 Å². The van der Waals surface area contributed by atoms with Crippen LogP contribution in [0, 0.1) is 6.92 Å². The molecule has 2 aromatic carbocycles. The molecular formula is C31H31N3O4. The molecule has 1 amide bonds. The zero-order valence-corrected chi connectivity index (χ0v) is 21.6. The number of ketones is 1. The van der Waals surface area contributed by atoms with Crippen LogP contribution < -0.4 is 4.74 Å². The van der Waals surface area contributed by atoms with Crippen LogP contribution in [0.25, 0.3) is 11.4 Å². The first-order valence-corrected chi connectivity index (χ1v) is 13.0. The second kappa shape index (κ2) is 10.9. The third-order valence-corrected chi connectivity index (χ3v) is 6.89. The van der Waals surface area contributed by atoms with Gasteiger partial charge < -0.3 is 14.7 Å². The molecule has 0 radical (unpaired) electrons. The molecule has 194 valence electrons. The van der Waals surface area contributed by atoms with E-state index >= 15 is 0 Å². The predicted octanol–water partition coefficient (Wildman–Crippen LogP) is 5.49. The quantitative estimate of drug-likeness (QED) is 0.140. The van der Waals surface area contributed by atoms with Gasteiger partial charge >= 0.3 is 0 Å². The van der Waals surface area contributed by atoms with E-state index in [-0.39, 0.29) is 11.3 Å². The maximum absolute atomic E-state index is 13.5. The summed E-state index contributed by atoms with van der Waals surface area (Å²) in [6, 6.07) is 22.0. The number of rotatable bonds is 9. The summed E-state index contributed by atoms with van der Waals surface area (Å²) in [5.41, 5.74) is 3.44. The molecule has 5 rings (SSSR count). The molecule has 1 unspecified atom stereocenters. The van der Waals surface area contributed by atoms with Gasteiger partial charge in [0.2, 0.25) is 0 Å². The zero-order chi connectivity index (χ0) is 26.6. The maximum atomic E-state index is 13.5. The maximum Gasteiger partial charge on any atom is 0.295 e. The largest absolute Gasteiger partial charge is 0.505 e. The molecular weight excluding hydrogens is 478 g/mol. The molecule has 1 aliphatic rings. The van der Waals surface area contributed by atoms with Crippen molar-refractivity contribution >= 4 is 23.1 Å². The van der Waals surface area contributed by atoms with Crippen LogP contribution in [0.2, 0.25) is 0 Å². The van der Waals surface area contributed by atoms with E-state index in [1.165, 1.54) is 0 Å². The topological polar surface area (TPSA) is 84.1 Å². The van der Waals surface area contributed by atoms with Gasteiger partial charge in [0.25, 0.3) is 11.7 Å². The van der Waals surface area contributed by atoms with Crippen molar-refractivity contribution in [2.45, 2.75) is 39.2 Å². The lowest BCUT2D eigenvalue weighted by molar-refractivity contribution is -0.139. The fourth-order valence-electron chi connectivity index (χ4n) is 4.99. The van der Waals surface area contributed by atoms with Crippen molar-refractivity contribution < 1.29 is 19.4 Å². The van der Waals surface area contributed by atoms with E-state index in [1.54, 1.807) is 22.4 Å². The number of amides is 1. The van der Waals surface area contributed by atoms with Gasteiger partial charge in [-0.15, -0.1) is 0 Å². The van der Waals surface area contributed by atoms with Gasteiger partial charge in [-0.1, -0.05) is 61.9 Å². The minimum Gasteiger partial charge on any atom is -0.505 e. The van der Waals surface area contributed by atoms with E-state index in [2.05, 4.69) is 11.9 Å². The van der Waals surface area contributed by atoms with Gasteiger partial charge in [-0.25, -0.2) is 4.98 Å². The molecule has 38 heavy (non-hydrogen) atoms. The van der Waals surface area contributed by atoms with Crippen LogP contribution in [-0.2, 0) is 16.0 Å². The summed E-state index contributed by atoms with van der Waals surface area (Å²) in [4.78, 5) is 33.0. The van der Waals surface area contributed by atoms with Crippen molar-refractivity contribution in [3.63, 3.8) is 0 Å². The average molecular weight is 510 g/mol. The third-order valence-electron chi connectivity index (χ3n) is 6.89. The number of aliphatic hydroxyl groups is 1. The molecule has 4 aromatic rings. The Hall–Kier alpha value is -4.39. The number of aromatic nitrogens is 2. The van der Waals surface area contributed by atoms with Gasteiger partial charge in [0.1, 0.15) is 17.1 Å². The monoisotopic (exact) mass is 509 g/mol.